The van der Waals surface area contributed by atoms with Crippen molar-refractivity contribution in [2.45, 2.75) is 51.3 Å². The van der Waals surface area contributed by atoms with Crippen LogP contribution in [0, 0.1) is 6.92 Å². The zero-order valence-corrected chi connectivity index (χ0v) is 15.7. The highest BCUT2D eigenvalue weighted by molar-refractivity contribution is 8.01. The van der Waals surface area contributed by atoms with Crippen LogP contribution in [-0.2, 0) is 4.79 Å². The molecule has 1 unspecified atom stereocenters. The maximum absolute atomic E-state index is 12.1. The Kier molecular flexibility index (Phi) is 6.54. The number of aryl methyl sites for hydroxylation is 1. The molecule has 1 heterocycles. The molecule has 1 aromatic rings. The molecule has 1 aliphatic heterocycles. The van der Waals surface area contributed by atoms with E-state index in [1.165, 1.54) is 24.0 Å². The van der Waals surface area contributed by atoms with Gasteiger partial charge < -0.3 is 5.32 Å². The van der Waals surface area contributed by atoms with E-state index in [4.69, 9.17) is 0 Å². The van der Waals surface area contributed by atoms with Gasteiger partial charge in [-0.2, -0.15) is 0 Å². The molecule has 1 N–H and O–H groups in total. The highest BCUT2D eigenvalue weighted by Gasteiger charge is 2.24. The van der Waals surface area contributed by atoms with E-state index in [1.54, 1.807) is 11.8 Å². The first-order valence-corrected chi connectivity index (χ1v) is 9.55. The van der Waals surface area contributed by atoms with Crippen molar-refractivity contribution in [1.29, 1.82) is 0 Å². The number of thioether (sulfide) groups is 1. The van der Waals surface area contributed by atoms with Crippen LogP contribution in [0.3, 0.4) is 0 Å². The first kappa shape index (κ1) is 18.3. The van der Waals surface area contributed by atoms with Crippen LogP contribution in [0.2, 0.25) is 0 Å². The van der Waals surface area contributed by atoms with E-state index in [0.717, 1.165) is 13.1 Å². The van der Waals surface area contributed by atoms with E-state index < -0.39 is 0 Å². The summed E-state index contributed by atoms with van der Waals surface area (Å²) in [6.45, 7) is 11.5. The SMILES string of the molecule is Cc1ccc(C(CNC(=O)CSC(C)(C)C)N2CCCC2)cc1. The first-order chi connectivity index (χ1) is 10.8. The average Bonchev–Trinajstić information content (AvgIpc) is 3.00. The quantitative estimate of drug-likeness (QED) is 0.859. The third kappa shape index (κ3) is 6.19. The van der Waals surface area contributed by atoms with Crippen molar-refractivity contribution >= 4 is 17.7 Å². The minimum atomic E-state index is 0.128. The lowest BCUT2D eigenvalue weighted by Gasteiger charge is -2.28. The van der Waals surface area contributed by atoms with Crippen LogP contribution in [0.1, 0.15) is 50.8 Å². The Balaban J connectivity index is 1.95. The number of nitrogens with one attached hydrogen (secondary N) is 1. The van der Waals surface area contributed by atoms with Gasteiger partial charge in [0.1, 0.15) is 0 Å². The first-order valence-electron chi connectivity index (χ1n) is 8.56. The number of nitrogens with zero attached hydrogens (tertiary/aromatic N) is 1. The van der Waals surface area contributed by atoms with Gasteiger partial charge in [-0.15, -0.1) is 11.8 Å². The molecule has 2 rings (SSSR count). The maximum Gasteiger partial charge on any atom is 0.230 e. The Bertz CT molecular complexity index is 501. The highest BCUT2D eigenvalue weighted by Crippen LogP contribution is 2.25. The van der Waals surface area contributed by atoms with Crippen LogP contribution < -0.4 is 5.32 Å². The molecule has 1 aromatic carbocycles. The summed E-state index contributed by atoms with van der Waals surface area (Å²) in [7, 11) is 0. The summed E-state index contributed by atoms with van der Waals surface area (Å²) in [5.74, 6) is 0.672. The number of carbonyl (C=O) groups is 1. The fourth-order valence-electron chi connectivity index (χ4n) is 2.84. The largest absolute Gasteiger partial charge is 0.353 e. The molecule has 3 nitrogen and oxygen atoms in total. The molecule has 0 aromatic heterocycles. The predicted octanol–water partition coefficient (Wildman–Crippen LogP) is 3.78. The van der Waals surface area contributed by atoms with Gasteiger partial charge in [0.2, 0.25) is 5.91 Å². The van der Waals surface area contributed by atoms with Crippen LogP contribution >= 0.6 is 11.8 Å². The minimum Gasteiger partial charge on any atom is -0.353 e. The van der Waals surface area contributed by atoms with Crippen molar-refractivity contribution in [3.05, 3.63) is 35.4 Å². The van der Waals surface area contributed by atoms with Crippen molar-refractivity contribution in [2.75, 3.05) is 25.4 Å². The molecular formula is C19H30N2OS. The van der Waals surface area contributed by atoms with Crippen LogP contribution in [0.25, 0.3) is 0 Å². The highest BCUT2D eigenvalue weighted by atomic mass is 32.2. The van der Waals surface area contributed by atoms with Gasteiger partial charge in [0.25, 0.3) is 0 Å². The summed E-state index contributed by atoms with van der Waals surface area (Å²) < 4.78 is 0.128. The lowest BCUT2D eigenvalue weighted by atomic mass is 10.0. The van der Waals surface area contributed by atoms with Gasteiger partial charge in [-0.1, -0.05) is 50.6 Å². The van der Waals surface area contributed by atoms with E-state index in [2.05, 4.69) is 62.2 Å². The number of hydrogen-bond acceptors (Lipinski definition) is 3. The zero-order valence-electron chi connectivity index (χ0n) is 14.9. The third-order valence-electron chi connectivity index (χ3n) is 4.17. The van der Waals surface area contributed by atoms with Crippen molar-refractivity contribution in [1.82, 2.24) is 10.2 Å². The lowest BCUT2D eigenvalue weighted by molar-refractivity contribution is -0.118. The fourth-order valence-corrected chi connectivity index (χ4v) is 3.51. The molecule has 0 saturated carbocycles. The molecule has 1 fully saturated rings. The molecule has 1 atom stereocenters. The van der Waals surface area contributed by atoms with Crippen molar-refractivity contribution in [3.8, 4) is 0 Å². The van der Waals surface area contributed by atoms with Crippen LogP contribution in [0.5, 0.6) is 0 Å². The lowest BCUT2D eigenvalue weighted by Crippen LogP contribution is -2.37. The molecule has 1 aliphatic rings. The number of rotatable bonds is 6. The van der Waals surface area contributed by atoms with E-state index in [0.29, 0.717) is 18.3 Å². The molecule has 0 radical (unpaired) electrons. The number of carbonyl (C=O) groups excluding carboxylic acids is 1. The molecule has 23 heavy (non-hydrogen) atoms. The van der Waals surface area contributed by atoms with E-state index in [-0.39, 0.29) is 10.7 Å². The maximum atomic E-state index is 12.1. The van der Waals surface area contributed by atoms with Gasteiger partial charge in [-0.05, 0) is 38.4 Å². The summed E-state index contributed by atoms with van der Waals surface area (Å²) in [5, 5.41) is 3.14. The molecule has 4 heteroatoms. The summed E-state index contributed by atoms with van der Waals surface area (Å²) >= 11 is 1.70. The third-order valence-corrected chi connectivity index (χ3v) is 5.44. The Labute approximate surface area is 145 Å². The van der Waals surface area contributed by atoms with Crippen molar-refractivity contribution < 1.29 is 4.79 Å². The summed E-state index contributed by atoms with van der Waals surface area (Å²) in [6, 6.07) is 9.02. The second-order valence-electron chi connectivity index (χ2n) is 7.37. The number of amides is 1. The Morgan fingerprint density at radius 2 is 1.83 bits per heavy atom. The van der Waals surface area contributed by atoms with Crippen LogP contribution in [0.4, 0.5) is 0 Å². The second kappa shape index (κ2) is 8.20. The van der Waals surface area contributed by atoms with Gasteiger partial charge in [-0.25, -0.2) is 0 Å². The van der Waals surface area contributed by atoms with Gasteiger partial charge in [-0.3, -0.25) is 9.69 Å². The fraction of sp³-hybridized carbons (Fsp3) is 0.632. The average molecular weight is 335 g/mol. The molecule has 0 aliphatic carbocycles. The Morgan fingerprint density at radius 3 is 2.39 bits per heavy atom. The normalized spacial score (nSPS) is 17.2. The van der Waals surface area contributed by atoms with Crippen LogP contribution in [0.15, 0.2) is 24.3 Å². The molecule has 1 saturated heterocycles. The Hall–Kier alpha value is -1.00. The standard InChI is InChI=1S/C19H30N2OS/c1-15-7-9-16(10-8-15)17(21-11-5-6-12-21)13-20-18(22)14-23-19(2,3)4/h7-10,17H,5-6,11-14H2,1-4H3,(H,20,22). The molecule has 1 amide bonds. The van der Waals surface area contributed by atoms with Crippen LogP contribution in [-0.4, -0.2) is 40.9 Å². The van der Waals surface area contributed by atoms with Gasteiger partial charge >= 0.3 is 0 Å². The number of benzene rings is 1. The molecule has 0 bridgehead atoms. The van der Waals surface area contributed by atoms with E-state index >= 15 is 0 Å². The summed E-state index contributed by atoms with van der Waals surface area (Å²) in [6.07, 6.45) is 2.52. The van der Waals surface area contributed by atoms with Crippen molar-refractivity contribution in [3.63, 3.8) is 0 Å². The molecular weight excluding hydrogens is 304 g/mol. The zero-order chi connectivity index (χ0) is 16.9. The minimum absolute atomic E-state index is 0.128. The topological polar surface area (TPSA) is 32.3 Å². The molecule has 128 valence electrons. The second-order valence-corrected chi connectivity index (χ2v) is 9.18. The monoisotopic (exact) mass is 334 g/mol. The van der Waals surface area contributed by atoms with E-state index in [1.807, 2.05) is 0 Å². The van der Waals surface area contributed by atoms with Crippen molar-refractivity contribution in [2.24, 2.45) is 0 Å². The number of hydrogen-bond donors (Lipinski definition) is 1. The van der Waals surface area contributed by atoms with E-state index in [9.17, 15) is 4.79 Å². The summed E-state index contributed by atoms with van der Waals surface area (Å²) in [5.41, 5.74) is 2.58. The van der Waals surface area contributed by atoms with Gasteiger partial charge in [0.15, 0.2) is 0 Å². The van der Waals surface area contributed by atoms with Gasteiger partial charge in [0.05, 0.1) is 11.8 Å². The molecule has 0 spiro atoms. The number of likely N-dealkylation sites (tertiary alicyclic amines) is 1. The van der Waals surface area contributed by atoms with Gasteiger partial charge in [0, 0.05) is 11.3 Å². The predicted molar refractivity (Wildman–Crippen MR) is 99.9 cm³/mol. The summed E-state index contributed by atoms with van der Waals surface area (Å²) in [4.78, 5) is 14.6. The Morgan fingerprint density at radius 1 is 1.22 bits per heavy atom. The smallest absolute Gasteiger partial charge is 0.230 e.